The normalized spacial score (nSPS) is 12.7. The molecule has 2 heteroatoms. The Morgan fingerprint density at radius 2 is 2.10 bits per heavy atom. The molecule has 2 nitrogen and oxygen atoms in total. The van der Waals surface area contributed by atoms with Crippen molar-refractivity contribution in [3.63, 3.8) is 0 Å². The van der Waals surface area contributed by atoms with Crippen molar-refractivity contribution in [2.75, 3.05) is 0 Å². The molecule has 0 fully saturated rings. The van der Waals surface area contributed by atoms with Gasteiger partial charge in [0, 0.05) is 25.3 Å². The number of hydrogen-bond donors (Lipinski definition) is 0. The molecule has 1 unspecified atom stereocenters. The lowest BCUT2D eigenvalue weighted by Crippen LogP contribution is -2.29. The highest BCUT2D eigenvalue weighted by Gasteiger charge is 2.32. The predicted octanol–water partition coefficient (Wildman–Crippen LogP) is 4.21. The van der Waals surface area contributed by atoms with E-state index in [0.717, 1.165) is 24.8 Å². The minimum Gasteiger partial charge on any atom is -0.441 e. The van der Waals surface area contributed by atoms with Gasteiger partial charge in [0.1, 0.15) is 0 Å². The summed E-state index contributed by atoms with van der Waals surface area (Å²) in [6, 6.07) is 9.64. The minimum absolute atomic E-state index is 0.333. The highest BCUT2D eigenvalue weighted by atomic mass is 16.6. The van der Waals surface area contributed by atoms with E-state index in [1.54, 1.807) is 6.08 Å². The molecule has 0 saturated heterocycles. The van der Waals surface area contributed by atoms with E-state index in [1.807, 2.05) is 30.3 Å². The predicted molar refractivity (Wildman–Crippen MR) is 82.0 cm³/mol. The second-order valence-corrected chi connectivity index (χ2v) is 4.68. The molecule has 0 amide bonds. The van der Waals surface area contributed by atoms with Crippen LogP contribution in [0, 0.1) is 11.8 Å². The van der Waals surface area contributed by atoms with Crippen molar-refractivity contribution >= 4 is 5.97 Å². The van der Waals surface area contributed by atoms with Gasteiger partial charge in [-0.3, -0.25) is 4.79 Å². The van der Waals surface area contributed by atoms with Crippen molar-refractivity contribution in [3.05, 3.63) is 48.6 Å². The molecule has 0 radical (unpaired) electrons. The van der Waals surface area contributed by atoms with Crippen LogP contribution in [0.3, 0.4) is 0 Å². The summed E-state index contributed by atoms with van der Waals surface area (Å²) in [7, 11) is 0. The van der Waals surface area contributed by atoms with E-state index in [0.29, 0.717) is 6.42 Å². The molecule has 20 heavy (non-hydrogen) atoms. The zero-order chi connectivity index (χ0) is 14.8. The Labute approximate surface area is 121 Å². The Kier molecular flexibility index (Phi) is 6.59. The van der Waals surface area contributed by atoms with Gasteiger partial charge in [0.05, 0.1) is 0 Å². The molecule has 0 aliphatic carbocycles. The number of ether oxygens (including phenoxy) is 1. The van der Waals surface area contributed by atoms with Crippen molar-refractivity contribution in [2.24, 2.45) is 0 Å². The lowest BCUT2D eigenvalue weighted by Gasteiger charge is -2.27. The van der Waals surface area contributed by atoms with E-state index in [9.17, 15) is 4.79 Å². The van der Waals surface area contributed by atoms with Crippen LogP contribution in [0.15, 0.2) is 43.0 Å². The fourth-order valence-electron chi connectivity index (χ4n) is 1.99. The van der Waals surface area contributed by atoms with Crippen molar-refractivity contribution in [1.82, 2.24) is 0 Å². The number of rotatable bonds is 6. The van der Waals surface area contributed by atoms with Gasteiger partial charge in [-0.15, -0.1) is 6.58 Å². The summed E-state index contributed by atoms with van der Waals surface area (Å²) in [5.74, 6) is 5.96. The third-order valence-electron chi connectivity index (χ3n) is 2.94. The largest absolute Gasteiger partial charge is 0.441 e. The van der Waals surface area contributed by atoms with Crippen molar-refractivity contribution < 1.29 is 9.53 Å². The van der Waals surface area contributed by atoms with Crippen LogP contribution in [0.25, 0.3) is 0 Å². The van der Waals surface area contributed by atoms with Gasteiger partial charge in [-0.25, -0.2) is 0 Å². The van der Waals surface area contributed by atoms with E-state index in [2.05, 4.69) is 25.3 Å². The third kappa shape index (κ3) is 4.59. The molecule has 1 rings (SSSR count). The maximum atomic E-state index is 11.5. The first-order chi connectivity index (χ1) is 9.64. The first-order valence-electron chi connectivity index (χ1n) is 7.00. The maximum Gasteiger partial charge on any atom is 0.304 e. The first-order valence-corrected chi connectivity index (χ1v) is 7.00. The van der Waals surface area contributed by atoms with Crippen LogP contribution in [0.5, 0.6) is 0 Å². The quantitative estimate of drug-likeness (QED) is 0.335. The average Bonchev–Trinajstić information content (AvgIpc) is 2.44. The van der Waals surface area contributed by atoms with Gasteiger partial charge in [-0.05, 0) is 12.3 Å². The second-order valence-electron chi connectivity index (χ2n) is 4.68. The van der Waals surface area contributed by atoms with Gasteiger partial charge in [0.2, 0.25) is 5.60 Å². The van der Waals surface area contributed by atoms with E-state index in [-0.39, 0.29) is 5.97 Å². The molecule has 1 aromatic carbocycles. The highest BCUT2D eigenvalue weighted by molar-refractivity contribution is 5.67. The van der Waals surface area contributed by atoms with Gasteiger partial charge in [0.15, 0.2) is 0 Å². The second kappa shape index (κ2) is 8.22. The van der Waals surface area contributed by atoms with Crippen LogP contribution >= 0.6 is 0 Å². The van der Waals surface area contributed by atoms with E-state index in [1.165, 1.54) is 6.92 Å². The number of benzene rings is 1. The van der Waals surface area contributed by atoms with Crippen LogP contribution in [-0.4, -0.2) is 5.97 Å². The van der Waals surface area contributed by atoms with Gasteiger partial charge in [-0.2, -0.15) is 0 Å². The van der Waals surface area contributed by atoms with Crippen LogP contribution in [0.2, 0.25) is 0 Å². The zero-order valence-corrected chi connectivity index (χ0v) is 12.3. The third-order valence-corrected chi connectivity index (χ3v) is 2.94. The Hall–Kier alpha value is -2.01. The summed E-state index contributed by atoms with van der Waals surface area (Å²) in [4.78, 5) is 11.5. The molecular formula is C18H22O2. The minimum atomic E-state index is -0.914. The summed E-state index contributed by atoms with van der Waals surface area (Å²) < 4.78 is 5.56. The molecule has 0 heterocycles. The highest BCUT2D eigenvalue weighted by Crippen LogP contribution is 2.30. The lowest BCUT2D eigenvalue weighted by atomic mass is 9.90. The number of carbonyl (C=O) groups excluding carboxylic acids is 1. The monoisotopic (exact) mass is 270 g/mol. The van der Waals surface area contributed by atoms with Gasteiger partial charge < -0.3 is 4.74 Å². The summed E-state index contributed by atoms with van der Waals surface area (Å²) >= 11 is 0. The van der Waals surface area contributed by atoms with Crippen molar-refractivity contribution in [1.29, 1.82) is 0 Å². The van der Waals surface area contributed by atoms with Crippen LogP contribution in [0.4, 0.5) is 0 Å². The molecule has 0 bridgehead atoms. The summed E-state index contributed by atoms with van der Waals surface area (Å²) in [6.45, 7) is 7.30. The van der Waals surface area contributed by atoms with Gasteiger partial charge in [0.25, 0.3) is 0 Å². The van der Waals surface area contributed by atoms with Gasteiger partial charge in [-0.1, -0.05) is 55.7 Å². The number of carbonyl (C=O) groups is 1. The van der Waals surface area contributed by atoms with E-state index >= 15 is 0 Å². The fraction of sp³-hybridized carbons (Fsp3) is 0.389. The van der Waals surface area contributed by atoms with E-state index in [4.69, 9.17) is 4.74 Å². The first kappa shape index (κ1) is 16.0. The molecular weight excluding hydrogens is 248 g/mol. The molecule has 1 aromatic rings. The SMILES string of the molecule is C=CCC(C#CCCCC)(OC(C)=O)c1ccccc1. The van der Waals surface area contributed by atoms with Crippen LogP contribution in [-0.2, 0) is 15.1 Å². The van der Waals surface area contributed by atoms with Crippen LogP contribution in [0.1, 0.15) is 45.1 Å². The molecule has 0 aromatic heterocycles. The topological polar surface area (TPSA) is 26.3 Å². The van der Waals surface area contributed by atoms with E-state index < -0.39 is 5.60 Å². The Morgan fingerprint density at radius 1 is 1.40 bits per heavy atom. The van der Waals surface area contributed by atoms with Crippen molar-refractivity contribution in [3.8, 4) is 11.8 Å². The fourth-order valence-corrected chi connectivity index (χ4v) is 1.99. The van der Waals surface area contributed by atoms with Crippen LogP contribution < -0.4 is 0 Å². The molecule has 0 N–H and O–H groups in total. The average molecular weight is 270 g/mol. The van der Waals surface area contributed by atoms with Crippen molar-refractivity contribution in [2.45, 2.75) is 45.1 Å². The smallest absolute Gasteiger partial charge is 0.304 e. The van der Waals surface area contributed by atoms with Gasteiger partial charge >= 0.3 is 5.97 Å². The number of esters is 1. The maximum absolute atomic E-state index is 11.5. The zero-order valence-electron chi connectivity index (χ0n) is 12.3. The molecule has 0 saturated carbocycles. The molecule has 0 aliphatic rings. The molecule has 0 aliphatic heterocycles. The lowest BCUT2D eigenvalue weighted by molar-refractivity contribution is -0.152. The molecule has 0 spiro atoms. The number of unbranched alkanes of at least 4 members (excludes halogenated alkanes) is 2. The molecule has 1 atom stereocenters. The summed E-state index contributed by atoms with van der Waals surface area (Å²) in [6.07, 6.45) is 5.18. The summed E-state index contributed by atoms with van der Waals surface area (Å²) in [5.41, 5.74) is -0.0260. The molecule has 106 valence electrons. The Bertz CT molecular complexity index is 493. The Balaban J connectivity index is 3.15. The summed E-state index contributed by atoms with van der Waals surface area (Å²) in [5, 5.41) is 0. The Morgan fingerprint density at radius 3 is 2.65 bits per heavy atom. The standard InChI is InChI=1S/C18H22O2/c1-4-6-7-11-15-18(14-5-2,20-16(3)19)17-12-9-8-10-13-17/h5,8-10,12-13H,2,4,6-7,14H2,1,3H3. The number of hydrogen-bond acceptors (Lipinski definition) is 2.